The molecule has 0 aliphatic carbocycles. The predicted molar refractivity (Wildman–Crippen MR) is 206 cm³/mol. The maximum atomic E-state index is 12.1. The van der Waals surface area contributed by atoms with E-state index in [0.29, 0.717) is 48.2 Å². The monoisotopic (exact) mass is 736 g/mol. The third-order valence-corrected chi connectivity index (χ3v) is 11.0. The first-order chi connectivity index (χ1) is 25.7. The molecule has 6 rings (SSSR count). The van der Waals surface area contributed by atoms with Gasteiger partial charge in [0.1, 0.15) is 36.8 Å². The van der Waals surface area contributed by atoms with E-state index in [1.165, 1.54) is 28.5 Å². The SMILES string of the molecule is Cc1c(CCCCN2CCC(O)C2)cccc1-c1cccc(COc2cc(OCc3cncc(C#N)c3)c(CN3CCCCC3C(=O)O)cc2Cl)c1C. The zero-order chi connectivity index (χ0) is 37.3. The molecule has 9 nitrogen and oxygen atoms in total. The van der Waals surface area contributed by atoms with Crippen LogP contribution in [0.25, 0.3) is 11.1 Å². The molecule has 1 aromatic heterocycles. The van der Waals surface area contributed by atoms with Crippen molar-refractivity contribution in [1.29, 1.82) is 5.26 Å². The number of rotatable bonds is 15. The first kappa shape index (κ1) is 38.3. The largest absolute Gasteiger partial charge is 0.488 e. The summed E-state index contributed by atoms with van der Waals surface area (Å²) in [6, 6.07) is 19.8. The van der Waals surface area contributed by atoms with Gasteiger partial charge >= 0.3 is 5.97 Å². The number of carboxylic acid groups (broad SMARTS) is 1. The van der Waals surface area contributed by atoms with Gasteiger partial charge < -0.3 is 24.6 Å². The highest BCUT2D eigenvalue weighted by molar-refractivity contribution is 6.32. The predicted octanol–water partition coefficient (Wildman–Crippen LogP) is 7.88. The maximum Gasteiger partial charge on any atom is 0.320 e. The van der Waals surface area contributed by atoms with Gasteiger partial charge in [-0.1, -0.05) is 54.4 Å². The topological polar surface area (TPSA) is 119 Å². The fourth-order valence-corrected chi connectivity index (χ4v) is 7.85. The van der Waals surface area contributed by atoms with Gasteiger partial charge in [-0.2, -0.15) is 5.26 Å². The third kappa shape index (κ3) is 9.75. The van der Waals surface area contributed by atoms with Crippen LogP contribution in [0.2, 0.25) is 5.02 Å². The molecular formula is C43H49ClN4O5. The average Bonchev–Trinajstić information content (AvgIpc) is 3.58. The minimum Gasteiger partial charge on any atom is -0.488 e. The van der Waals surface area contributed by atoms with Gasteiger partial charge in [0.25, 0.3) is 0 Å². The molecule has 0 spiro atoms. The number of pyridine rings is 1. The highest BCUT2D eigenvalue weighted by atomic mass is 35.5. The van der Waals surface area contributed by atoms with E-state index in [-0.39, 0.29) is 12.7 Å². The number of aliphatic hydroxyl groups excluding tert-OH is 1. The molecule has 2 fully saturated rings. The molecule has 3 heterocycles. The quantitative estimate of drug-likeness (QED) is 0.118. The number of aromatic nitrogens is 1. The standard InChI is InChI=1S/C43H49ClN4O5/c1-29-33(9-3-5-16-47-18-15-36(49)26-47)10-7-12-37(29)38-13-8-11-34(30(38)2)28-53-42-21-41(52-27-32-19-31(22-45)23-46-24-32)35(20-39(42)44)25-48-17-6-4-14-40(48)43(50)51/h7-8,10-13,19-21,23-24,36,40,49H,3-6,9,14-18,25-28H2,1-2H3,(H,50,51). The van der Waals surface area contributed by atoms with Crippen LogP contribution in [0, 0.1) is 25.2 Å². The summed E-state index contributed by atoms with van der Waals surface area (Å²) in [6.45, 7) is 8.66. The zero-order valence-corrected chi connectivity index (χ0v) is 31.4. The maximum absolute atomic E-state index is 12.1. The molecule has 53 heavy (non-hydrogen) atoms. The third-order valence-electron chi connectivity index (χ3n) is 10.7. The summed E-state index contributed by atoms with van der Waals surface area (Å²) in [5.41, 5.74) is 9.17. The number of carbonyl (C=O) groups is 1. The number of carboxylic acids is 1. The molecule has 0 saturated carbocycles. The zero-order valence-electron chi connectivity index (χ0n) is 30.7. The lowest BCUT2D eigenvalue weighted by atomic mass is 9.90. The second-order valence-electron chi connectivity index (χ2n) is 14.4. The number of halogens is 1. The van der Waals surface area contributed by atoms with Gasteiger partial charge in [-0.15, -0.1) is 0 Å². The van der Waals surface area contributed by atoms with Crippen molar-refractivity contribution < 1.29 is 24.5 Å². The van der Waals surface area contributed by atoms with Crippen LogP contribution in [-0.2, 0) is 31.0 Å². The highest BCUT2D eigenvalue weighted by Crippen LogP contribution is 2.37. The Labute approximate surface area is 317 Å². The molecule has 0 amide bonds. The second-order valence-corrected chi connectivity index (χ2v) is 14.8. The van der Waals surface area contributed by atoms with Crippen LogP contribution >= 0.6 is 11.6 Å². The van der Waals surface area contributed by atoms with Crippen LogP contribution in [0.4, 0.5) is 0 Å². The van der Waals surface area contributed by atoms with E-state index in [0.717, 1.165) is 80.4 Å². The minimum atomic E-state index is -0.827. The molecule has 3 aromatic carbocycles. The first-order valence-electron chi connectivity index (χ1n) is 18.7. The number of hydrogen-bond acceptors (Lipinski definition) is 8. The number of piperidine rings is 1. The number of nitrogens with zero attached hydrogens (tertiary/aromatic N) is 4. The molecule has 4 aromatic rings. The van der Waals surface area contributed by atoms with E-state index in [2.05, 4.69) is 66.2 Å². The van der Waals surface area contributed by atoms with Gasteiger partial charge in [0, 0.05) is 49.2 Å². The van der Waals surface area contributed by atoms with Crippen molar-refractivity contribution in [3.8, 4) is 28.7 Å². The summed E-state index contributed by atoms with van der Waals surface area (Å²) in [7, 11) is 0. The van der Waals surface area contributed by atoms with E-state index < -0.39 is 12.0 Å². The van der Waals surface area contributed by atoms with Gasteiger partial charge in [-0.3, -0.25) is 14.7 Å². The molecule has 2 atom stereocenters. The molecule has 0 bridgehead atoms. The number of ether oxygens (including phenoxy) is 2. The van der Waals surface area contributed by atoms with E-state index in [1.54, 1.807) is 18.3 Å². The summed E-state index contributed by atoms with van der Waals surface area (Å²) in [4.78, 5) is 20.6. The van der Waals surface area contributed by atoms with Gasteiger partial charge in [0.15, 0.2) is 0 Å². The minimum absolute atomic E-state index is 0.168. The lowest BCUT2D eigenvalue weighted by molar-refractivity contribution is -0.144. The number of aliphatic carboxylic acids is 1. The van der Waals surface area contributed by atoms with Gasteiger partial charge in [-0.05, 0) is 111 Å². The average molecular weight is 737 g/mol. The summed E-state index contributed by atoms with van der Waals surface area (Å²) in [5, 5.41) is 29.5. The van der Waals surface area contributed by atoms with Crippen LogP contribution in [-0.4, -0.2) is 69.3 Å². The Hall–Kier alpha value is -4.46. The molecule has 10 heteroatoms. The lowest BCUT2D eigenvalue weighted by Gasteiger charge is -2.33. The van der Waals surface area contributed by atoms with E-state index in [1.807, 2.05) is 11.0 Å². The number of benzene rings is 3. The normalized spacial score (nSPS) is 17.8. The van der Waals surface area contributed by atoms with Gasteiger partial charge in [-0.25, -0.2) is 0 Å². The number of aryl methyl sites for hydroxylation is 1. The molecule has 2 saturated heterocycles. The Morgan fingerprint density at radius 3 is 2.42 bits per heavy atom. The number of aliphatic hydroxyl groups is 1. The van der Waals surface area contributed by atoms with Crippen LogP contribution in [0.3, 0.4) is 0 Å². The number of nitriles is 1. The van der Waals surface area contributed by atoms with Crippen molar-refractivity contribution in [2.45, 2.75) is 90.7 Å². The van der Waals surface area contributed by atoms with E-state index in [9.17, 15) is 20.3 Å². The Kier molecular flexibility index (Phi) is 13.0. The van der Waals surface area contributed by atoms with Crippen molar-refractivity contribution in [1.82, 2.24) is 14.8 Å². The van der Waals surface area contributed by atoms with Crippen LogP contribution in [0.1, 0.15) is 77.5 Å². The fourth-order valence-electron chi connectivity index (χ4n) is 7.61. The van der Waals surface area contributed by atoms with Gasteiger partial charge in [0.2, 0.25) is 0 Å². The summed E-state index contributed by atoms with van der Waals surface area (Å²) in [6.07, 6.45) is 9.52. The summed E-state index contributed by atoms with van der Waals surface area (Å²) < 4.78 is 12.7. The molecule has 2 unspecified atom stereocenters. The number of β-amino-alcohol motifs (C(OH)–C–C–N with tert-alkyl or cyclic N) is 1. The van der Waals surface area contributed by atoms with E-state index in [4.69, 9.17) is 21.1 Å². The van der Waals surface area contributed by atoms with Crippen molar-refractivity contribution in [3.63, 3.8) is 0 Å². The Morgan fingerprint density at radius 2 is 1.68 bits per heavy atom. The van der Waals surface area contributed by atoms with Crippen LogP contribution in [0.5, 0.6) is 11.5 Å². The second kappa shape index (κ2) is 18.0. The van der Waals surface area contributed by atoms with Crippen molar-refractivity contribution in [3.05, 3.63) is 111 Å². The highest BCUT2D eigenvalue weighted by Gasteiger charge is 2.29. The molecule has 2 aliphatic rings. The van der Waals surface area contributed by atoms with Gasteiger partial charge in [0.05, 0.1) is 16.7 Å². The first-order valence-corrected chi connectivity index (χ1v) is 19.0. The smallest absolute Gasteiger partial charge is 0.320 e. The molecular weight excluding hydrogens is 688 g/mol. The fraction of sp³-hybridized carbons (Fsp3) is 0.419. The van der Waals surface area contributed by atoms with Crippen molar-refractivity contribution in [2.75, 3.05) is 26.2 Å². The molecule has 2 aliphatic heterocycles. The number of likely N-dealkylation sites (tertiary alicyclic amines) is 2. The molecule has 0 radical (unpaired) electrons. The molecule has 278 valence electrons. The number of hydrogen-bond donors (Lipinski definition) is 2. The van der Waals surface area contributed by atoms with E-state index >= 15 is 0 Å². The lowest BCUT2D eigenvalue weighted by Crippen LogP contribution is -2.44. The van der Waals surface area contributed by atoms with Crippen LogP contribution in [0.15, 0.2) is 67.0 Å². The Morgan fingerprint density at radius 1 is 0.925 bits per heavy atom. The molecule has 2 N–H and O–H groups in total. The van der Waals surface area contributed by atoms with Crippen molar-refractivity contribution >= 4 is 17.6 Å². The Balaban J connectivity index is 1.18. The van der Waals surface area contributed by atoms with Crippen molar-refractivity contribution in [2.24, 2.45) is 0 Å². The summed E-state index contributed by atoms with van der Waals surface area (Å²) in [5.74, 6) is 0.179. The number of unbranched alkanes of at least 4 members (excludes halogenated alkanes) is 1. The Bertz CT molecular complexity index is 1940. The summed E-state index contributed by atoms with van der Waals surface area (Å²) >= 11 is 6.87. The van der Waals surface area contributed by atoms with Crippen LogP contribution < -0.4 is 9.47 Å².